The van der Waals surface area contributed by atoms with Crippen LogP contribution in [0.25, 0.3) is 21.8 Å². The van der Waals surface area contributed by atoms with Crippen LogP contribution in [0, 0.1) is 0 Å². The Bertz CT molecular complexity index is 879. The summed E-state index contributed by atoms with van der Waals surface area (Å²) >= 11 is 0. The smallest absolute Gasteiger partial charge is 0.253 e. The van der Waals surface area contributed by atoms with Gasteiger partial charge in [0.1, 0.15) is 6.54 Å². The molecule has 1 amide bonds. The number of para-hydroxylation sites is 2. The molecule has 0 saturated heterocycles. The number of hydroxylamine groups is 3. The number of fused-ring (bicyclic) bond motifs is 2. The van der Waals surface area contributed by atoms with Crippen LogP contribution in [0.1, 0.15) is 10.4 Å². The van der Waals surface area contributed by atoms with Crippen LogP contribution in [0.4, 0.5) is 0 Å². The van der Waals surface area contributed by atoms with Gasteiger partial charge >= 0.3 is 0 Å². The maximum atomic E-state index is 12.4. The van der Waals surface area contributed by atoms with Crippen molar-refractivity contribution < 1.29 is 27.1 Å². The van der Waals surface area contributed by atoms with Crippen molar-refractivity contribution in [2.75, 3.05) is 27.2 Å². The first-order valence-electron chi connectivity index (χ1n) is 7.56. The maximum absolute atomic E-state index is 12.4. The normalized spacial score (nSPS) is 10.8. The summed E-state index contributed by atoms with van der Waals surface area (Å²) in [4.78, 5) is 17.1. The molecule has 0 radical (unpaired) electrons. The number of hydrogen-bond acceptors (Lipinski definition) is 3. The first-order chi connectivity index (χ1) is 10.9. The first-order valence-corrected chi connectivity index (χ1v) is 7.56. The third-order valence-corrected chi connectivity index (χ3v) is 3.74. The molecule has 0 aliphatic carbocycles. The molecule has 0 aliphatic rings. The lowest BCUT2D eigenvalue weighted by atomic mass is 10.1. The van der Waals surface area contributed by atoms with E-state index in [4.69, 9.17) is 0 Å². The number of halogens is 2. The Balaban J connectivity index is 0.00000156. The second-order valence-corrected chi connectivity index (χ2v) is 6.16. The Morgan fingerprint density at radius 1 is 1.12 bits per heavy atom. The van der Waals surface area contributed by atoms with E-state index in [1.807, 2.05) is 42.5 Å². The summed E-state index contributed by atoms with van der Waals surface area (Å²) in [5.74, 6) is -0.174. The third-order valence-electron chi connectivity index (χ3n) is 3.74. The first kappa shape index (κ1) is 21.1. The lowest BCUT2D eigenvalue weighted by Crippen LogP contribution is -3.00. The molecule has 1 aromatic heterocycles. The second kappa shape index (κ2) is 8.45. The minimum Gasteiger partial charge on any atom is -1.00 e. The van der Waals surface area contributed by atoms with Crippen molar-refractivity contribution in [1.82, 2.24) is 10.3 Å². The largest absolute Gasteiger partial charge is 1.00 e. The van der Waals surface area contributed by atoms with Crippen molar-refractivity contribution in [2.24, 2.45) is 0 Å². The summed E-state index contributed by atoms with van der Waals surface area (Å²) < 4.78 is -0.182. The molecular formula is C18H21Cl2N3O2. The Labute approximate surface area is 159 Å². The van der Waals surface area contributed by atoms with Gasteiger partial charge in [-0.2, -0.15) is 4.65 Å². The van der Waals surface area contributed by atoms with Crippen LogP contribution >= 0.6 is 12.4 Å². The van der Waals surface area contributed by atoms with Gasteiger partial charge in [-0.3, -0.25) is 4.79 Å². The number of quaternary nitrogens is 1. The number of hydrogen-bond donors (Lipinski definition) is 2. The highest BCUT2D eigenvalue weighted by Gasteiger charge is 2.14. The molecule has 0 atom stereocenters. The molecule has 0 aliphatic heterocycles. The zero-order valence-corrected chi connectivity index (χ0v) is 15.6. The predicted octanol–water partition coefficient (Wildman–Crippen LogP) is 0.00920. The molecule has 0 spiro atoms. The number of nitrogens with one attached hydrogen (secondary N) is 1. The van der Waals surface area contributed by atoms with Crippen molar-refractivity contribution in [1.29, 1.82) is 0 Å². The molecule has 0 unspecified atom stereocenters. The van der Waals surface area contributed by atoms with Crippen molar-refractivity contribution in [3.05, 3.63) is 54.1 Å². The summed E-state index contributed by atoms with van der Waals surface area (Å²) in [5, 5.41) is 14.5. The molecule has 3 rings (SSSR count). The number of pyridine rings is 1. The van der Waals surface area contributed by atoms with Gasteiger partial charge in [0.15, 0.2) is 0 Å². The van der Waals surface area contributed by atoms with Crippen LogP contribution in [-0.4, -0.2) is 47.9 Å². The van der Waals surface area contributed by atoms with Crippen LogP contribution in [-0.2, 0) is 0 Å². The van der Waals surface area contributed by atoms with E-state index in [2.05, 4.69) is 10.3 Å². The summed E-state index contributed by atoms with van der Waals surface area (Å²) in [6, 6.07) is 15.5. The highest BCUT2D eigenvalue weighted by atomic mass is 35.5. The summed E-state index contributed by atoms with van der Waals surface area (Å²) in [6.07, 6.45) is 0. The number of rotatable bonds is 4. The number of likely N-dealkylation sites (N-methyl/N-ethyl adjacent to an activating group) is 1. The molecule has 2 N–H and O–H groups in total. The number of benzene rings is 2. The lowest BCUT2D eigenvalue weighted by molar-refractivity contribution is -1.07. The van der Waals surface area contributed by atoms with E-state index < -0.39 is 0 Å². The van der Waals surface area contributed by atoms with Crippen molar-refractivity contribution in [2.45, 2.75) is 0 Å². The van der Waals surface area contributed by atoms with Gasteiger partial charge in [-0.25, -0.2) is 10.2 Å². The molecule has 3 aromatic rings. The molecule has 1 heterocycles. The van der Waals surface area contributed by atoms with E-state index in [-0.39, 0.29) is 35.4 Å². The standard InChI is InChI=1S/C18H19N3O2.2ClH/c1-21(2,23)11-10-19-18(22)15-8-5-7-14-12-13-6-3-4-9-16(13)20-17(14)15;;/h3-9,12,23H,10-11H2,1-2H3;2*1H. The van der Waals surface area contributed by atoms with Gasteiger partial charge in [0.25, 0.3) is 5.91 Å². The molecule has 5 nitrogen and oxygen atoms in total. The Kier molecular flexibility index (Phi) is 7.14. The zero-order chi connectivity index (χ0) is 16.4. The fraction of sp³-hybridized carbons (Fsp3) is 0.222. The fourth-order valence-electron chi connectivity index (χ4n) is 2.52. The van der Waals surface area contributed by atoms with E-state index in [0.717, 1.165) is 16.3 Å². The van der Waals surface area contributed by atoms with Gasteiger partial charge in [-0.1, -0.05) is 30.3 Å². The Morgan fingerprint density at radius 3 is 2.52 bits per heavy atom. The Hall–Kier alpha value is -1.92. The van der Waals surface area contributed by atoms with E-state index in [9.17, 15) is 10.0 Å². The van der Waals surface area contributed by atoms with Crippen LogP contribution < -0.4 is 17.7 Å². The molecular weight excluding hydrogens is 361 g/mol. The fourth-order valence-corrected chi connectivity index (χ4v) is 2.52. The van der Waals surface area contributed by atoms with Crippen LogP contribution in [0.15, 0.2) is 48.5 Å². The van der Waals surface area contributed by atoms with Crippen molar-refractivity contribution in [3.63, 3.8) is 0 Å². The average molecular weight is 382 g/mol. The highest BCUT2D eigenvalue weighted by Crippen LogP contribution is 2.22. The summed E-state index contributed by atoms with van der Waals surface area (Å²) in [7, 11) is 3.33. The zero-order valence-electron chi connectivity index (χ0n) is 14.1. The van der Waals surface area contributed by atoms with E-state index >= 15 is 0 Å². The average Bonchev–Trinajstić information content (AvgIpc) is 2.51. The highest BCUT2D eigenvalue weighted by molar-refractivity contribution is 6.07. The maximum Gasteiger partial charge on any atom is 0.253 e. The topological polar surface area (TPSA) is 62.2 Å². The molecule has 0 saturated carbocycles. The van der Waals surface area contributed by atoms with E-state index in [0.29, 0.717) is 24.2 Å². The minimum absolute atomic E-state index is 0. The van der Waals surface area contributed by atoms with Crippen molar-refractivity contribution >= 4 is 40.1 Å². The van der Waals surface area contributed by atoms with Gasteiger partial charge in [-0.05, 0) is 18.2 Å². The van der Waals surface area contributed by atoms with Gasteiger partial charge in [0.2, 0.25) is 0 Å². The number of carbonyl (C=O) groups is 1. The van der Waals surface area contributed by atoms with Crippen LogP contribution in [0.5, 0.6) is 0 Å². The van der Waals surface area contributed by atoms with Crippen LogP contribution in [0.3, 0.4) is 0 Å². The van der Waals surface area contributed by atoms with Gasteiger partial charge in [-0.15, -0.1) is 12.4 Å². The van der Waals surface area contributed by atoms with Gasteiger partial charge in [0.05, 0.1) is 37.2 Å². The van der Waals surface area contributed by atoms with E-state index in [1.54, 1.807) is 20.2 Å². The molecule has 0 bridgehead atoms. The lowest BCUT2D eigenvalue weighted by Gasteiger charge is -2.19. The van der Waals surface area contributed by atoms with E-state index in [1.165, 1.54) is 0 Å². The van der Waals surface area contributed by atoms with Crippen LogP contribution in [0.2, 0.25) is 0 Å². The van der Waals surface area contributed by atoms with Crippen molar-refractivity contribution in [3.8, 4) is 0 Å². The third kappa shape index (κ3) is 5.03. The molecule has 134 valence electrons. The van der Waals surface area contributed by atoms with Gasteiger partial charge in [0, 0.05) is 10.8 Å². The predicted molar refractivity (Wildman–Crippen MR) is 97.6 cm³/mol. The number of nitrogens with zero attached hydrogens (tertiary/aromatic N) is 2. The number of amides is 1. The summed E-state index contributed by atoms with van der Waals surface area (Å²) in [6.45, 7) is 0.833. The quantitative estimate of drug-likeness (QED) is 0.380. The summed E-state index contributed by atoms with van der Waals surface area (Å²) in [5.41, 5.74) is 2.12. The number of aromatic nitrogens is 1. The molecule has 2 aromatic carbocycles. The molecule has 0 fully saturated rings. The Morgan fingerprint density at radius 2 is 1.80 bits per heavy atom. The SMILES string of the molecule is C[N+](C)(O)CCNC(=O)c1cccc2cc3ccccc3nc12.Cl.[Cl-]. The number of carbonyl (C=O) groups excluding carboxylic acids is 1. The monoisotopic (exact) mass is 381 g/mol. The molecule has 7 heteroatoms. The second-order valence-electron chi connectivity index (χ2n) is 6.16. The van der Waals surface area contributed by atoms with Gasteiger partial charge < -0.3 is 17.7 Å². The minimum atomic E-state index is -0.182. The molecule has 25 heavy (non-hydrogen) atoms.